The first-order chi connectivity index (χ1) is 8.70. The van der Waals surface area contributed by atoms with Crippen LogP contribution in [0.5, 0.6) is 5.75 Å². The number of ether oxygens (including phenoxy) is 1. The van der Waals surface area contributed by atoms with Gasteiger partial charge < -0.3 is 10.1 Å². The molecule has 4 heteroatoms. The number of halogens is 2. The molecule has 1 aliphatic carbocycles. The van der Waals surface area contributed by atoms with E-state index in [0.29, 0.717) is 6.04 Å². The van der Waals surface area contributed by atoms with Crippen molar-refractivity contribution in [2.75, 3.05) is 7.11 Å². The van der Waals surface area contributed by atoms with Crippen molar-refractivity contribution in [3.63, 3.8) is 0 Å². The largest absolute Gasteiger partial charge is 0.494 e. The molecule has 100 valence electrons. The van der Waals surface area contributed by atoms with Crippen LogP contribution in [0.3, 0.4) is 0 Å². The van der Waals surface area contributed by atoms with Gasteiger partial charge >= 0.3 is 0 Å². The van der Waals surface area contributed by atoms with Crippen LogP contribution in [0.1, 0.15) is 37.7 Å². The van der Waals surface area contributed by atoms with E-state index >= 15 is 0 Å². The molecular weight excluding hydrogens is 358 g/mol. The Hall–Kier alpha value is -0.0600. The van der Waals surface area contributed by atoms with Gasteiger partial charge in [0.1, 0.15) is 5.75 Å². The van der Waals surface area contributed by atoms with Gasteiger partial charge in [-0.1, -0.05) is 19.3 Å². The normalized spacial score (nSPS) is 16.8. The Morgan fingerprint density at radius 1 is 1.17 bits per heavy atom. The number of benzene rings is 1. The van der Waals surface area contributed by atoms with Crippen molar-refractivity contribution in [2.45, 2.75) is 44.7 Å². The molecule has 2 rings (SSSR count). The molecule has 1 aromatic rings. The van der Waals surface area contributed by atoms with Gasteiger partial charge in [-0.3, -0.25) is 0 Å². The van der Waals surface area contributed by atoms with Gasteiger partial charge in [0.2, 0.25) is 0 Å². The molecule has 1 fully saturated rings. The predicted molar refractivity (Wildman–Crippen MR) is 82.1 cm³/mol. The van der Waals surface area contributed by atoms with Crippen LogP contribution in [-0.4, -0.2) is 13.2 Å². The summed E-state index contributed by atoms with van der Waals surface area (Å²) in [6, 6.07) is 4.94. The molecule has 0 aliphatic heterocycles. The van der Waals surface area contributed by atoms with Crippen LogP contribution < -0.4 is 10.1 Å². The minimum atomic E-state index is 0.693. The predicted octanol–water partition coefficient (Wildman–Crippen LogP) is 4.64. The Morgan fingerprint density at radius 2 is 1.78 bits per heavy atom. The van der Waals surface area contributed by atoms with Crippen molar-refractivity contribution in [3.05, 3.63) is 26.6 Å². The minimum absolute atomic E-state index is 0.693. The molecule has 1 aliphatic rings. The molecular formula is C14H19Br2NO. The number of hydrogen-bond acceptors (Lipinski definition) is 2. The second kappa shape index (κ2) is 6.92. The Bertz CT molecular complexity index is 380. The van der Waals surface area contributed by atoms with Gasteiger partial charge in [-0.15, -0.1) is 0 Å². The number of rotatable bonds is 4. The highest BCUT2D eigenvalue weighted by atomic mass is 79.9. The highest BCUT2D eigenvalue weighted by Gasteiger charge is 2.13. The fourth-order valence-electron chi connectivity index (χ4n) is 2.48. The Labute approximate surface area is 126 Å². The van der Waals surface area contributed by atoms with Crippen molar-refractivity contribution in [1.29, 1.82) is 0 Å². The third kappa shape index (κ3) is 3.72. The lowest BCUT2D eigenvalue weighted by Gasteiger charge is -2.23. The molecule has 0 unspecified atom stereocenters. The van der Waals surface area contributed by atoms with Gasteiger partial charge in [0.25, 0.3) is 0 Å². The lowest BCUT2D eigenvalue weighted by atomic mass is 9.95. The summed E-state index contributed by atoms with van der Waals surface area (Å²) in [5, 5.41) is 3.65. The molecule has 0 aromatic heterocycles. The quantitative estimate of drug-likeness (QED) is 0.826. The van der Waals surface area contributed by atoms with E-state index in [2.05, 4.69) is 49.3 Å². The SMILES string of the molecule is COc1c(Br)cc(CNC2CCCCC2)cc1Br. The van der Waals surface area contributed by atoms with E-state index in [9.17, 15) is 0 Å². The average Bonchev–Trinajstić information content (AvgIpc) is 2.37. The monoisotopic (exact) mass is 375 g/mol. The van der Waals surface area contributed by atoms with E-state index < -0.39 is 0 Å². The van der Waals surface area contributed by atoms with Gasteiger partial charge in [0.15, 0.2) is 0 Å². The standard InChI is InChI=1S/C14H19Br2NO/c1-18-14-12(15)7-10(8-13(14)16)9-17-11-5-3-2-4-6-11/h7-8,11,17H,2-6,9H2,1H3. The maximum atomic E-state index is 5.31. The van der Waals surface area contributed by atoms with Crippen molar-refractivity contribution in [1.82, 2.24) is 5.32 Å². The van der Waals surface area contributed by atoms with Gasteiger partial charge in [-0.05, 0) is 62.4 Å². The van der Waals surface area contributed by atoms with Crippen molar-refractivity contribution in [3.8, 4) is 5.75 Å². The van der Waals surface area contributed by atoms with Gasteiger partial charge in [-0.2, -0.15) is 0 Å². The summed E-state index contributed by atoms with van der Waals surface area (Å²) in [5.41, 5.74) is 1.28. The summed E-state index contributed by atoms with van der Waals surface area (Å²) >= 11 is 7.08. The average molecular weight is 377 g/mol. The third-order valence-corrected chi connectivity index (χ3v) is 4.64. The van der Waals surface area contributed by atoms with E-state index in [1.165, 1.54) is 37.7 Å². The summed E-state index contributed by atoms with van der Waals surface area (Å²) in [5.74, 6) is 0.858. The maximum Gasteiger partial charge on any atom is 0.147 e. The van der Waals surface area contributed by atoms with E-state index in [0.717, 1.165) is 21.2 Å². The highest BCUT2D eigenvalue weighted by Crippen LogP contribution is 2.34. The summed E-state index contributed by atoms with van der Waals surface area (Å²) in [7, 11) is 1.69. The molecule has 0 amide bonds. The topological polar surface area (TPSA) is 21.3 Å². The van der Waals surface area contributed by atoms with Crippen LogP contribution in [0.25, 0.3) is 0 Å². The van der Waals surface area contributed by atoms with E-state index in [-0.39, 0.29) is 0 Å². The fraction of sp³-hybridized carbons (Fsp3) is 0.571. The van der Waals surface area contributed by atoms with Crippen LogP contribution in [-0.2, 0) is 6.54 Å². The molecule has 1 N–H and O–H groups in total. The van der Waals surface area contributed by atoms with E-state index in [1.54, 1.807) is 7.11 Å². The first-order valence-electron chi connectivity index (χ1n) is 6.46. The highest BCUT2D eigenvalue weighted by molar-refractivity contribution is 9.11. The minimum Gasteiger partial charge on any atom is -0.494 e. The van der Waals surface area contributed by atoms with E-state index in [1.807, 2.05) is 0 Å². The summed E-state index contributed by atoms with van der Waals surface area (Å²) < 4.78 is 7.31. The Kier molecular flexibility index (Phi) is 5.52. The molecule has 0 saturated heterocycles. The molecule has 0 spiro atoms. The number of nitrogens with one attached hydrogen (secondary N) is 1. The number of methoxy groups -OCH3 is 1. The van der Waals surface area contributed by atoms with Crippen LogP contribution in [0.2, 0.25) is 0 Å². The van der Waals surface area contributed by atoms with Crippen LogP contribution in [0.15, 0.2) is 21.1 Å². The zero-order valence-electron chi connectivity index (χ0n) is 10.6. The lowest BCUT2D eigenvalue weighted by Crippen LogP contribution is -2.30. The maximum absolute atomic E-state index is 5.31. The van der Waals surface area contributed by atoms with Crippen LogP contribution in [0.4, 0.5) is 0 Å². The summed E-state index contributed by atoms with van der Waals surface area (Å²) in [4.78, 5) is 0. The van der Waals surface area contributed by atoms with E-state index in [4.69, 9.17) is 4.74 Å². The zero-order chi connectivity index (χ0) is 13.0. The fourth-order valence-corrected chi connectivity index (χ4v) is 4.08. The second-order valence-electron chi connectivity index (χ2n) is 4.81. The molecule has 0 radical (unpaired) electrons. The van der Waals surface area contributed by atoms with Crippen molar-refractivity contribution < 1.29 is 4.74 Å². The first-order valence-corrected chi connectivity index (χ1v) is 8.04. The summed E-state index contributed by atoms with van der Waals surface area (Å²) in [6.45, 7) is 0.922. The third-order valence-electron chi connectivity index (χ3n) is 3.46. The first kappa shape index (κ1) is 14.4. The molecule has 0 bridgehead atoms. The molecule has 18 heavy (non-hydrogen) atoms. The Balaban J connectivity index is 1.96. The smallest absolute Gasteiger partial charge is 0.147 e. The molecule has 1 aromatic carbocycles. The Morgan fingerprint density at radius 3 is 2.33 bits per heavy atom. The second-order valence-corrected chi connectivity index (χ2v) is 6.52. The van der Waals surface area contributed by atoms with Gasteiger partial charge in [0.05, 0.1) is 16.1 Å². The molecule has 0 heterocycles. The van der Waals surface area contributed by atoms with Crippen LogP contribution >= 0.6 is 31.9 Å². The van der Waals surface area contributed by atoms with Crippen molar-refractivity contribution in [2.24, 2.45) is 0 Å². The number of hydrogen-bond donors (Lipinski definition) is 1. The lowest BCUT2D eigenvalue weighted by molar-refractivity contribution is 0.372. The van der Waals surface area contributed by atoms with Gasteiger partial charge in [0, 0.05) is 12.6 Å². The molecule has 1 saturated carbocycles. The summed E-state index contributed by atoms with van der Waals surface area (Å²) in [6.07, 6.45) is 6.77. The van der Waals surface area contributed by atoms with Crippen LogP contribution in [0, 0.1) is 0 Å². The molecule has 0 atom stereocenters. The van der Waals surface area contributed by atoms with Crippen molar-refractivity contribution >= 4 is 31.9 Å². The molecule has 2 nitrogen and oxygen atoms in total. The zero-order valence-corrected chi connectivity index (χ0v) is 13.8. The van der Waals surface area contributed by atoms with Gasteiger partial charge in [-0.25, -0.2) is 0 Å².